The van der Waals surface area contributed by atoms with Crippen molar-refractivity contribution in [1.82, 2.24) is 4.90 Å². The van der Waals surface area contributed by atoms with Crippen molar-refractivity contribution in [2.75, 3.05) is 32.4 Å². The maximum absolute atomic E-state index is 12.8. The summed E-state index contributed by atoms with van der Waals surface area (Å²) in [6, 6.07) is 10.1. The lowest BCUT2D eigenvalue weighted by Gasteiger charge is -2.13. The summed E-state index contributed by atoms with van der Waals surface area (Å²) < 4.78 is 21.5. The lowest BCUT2D eigenvalue weighted by atomic mass is 10.1. The van der Waals surface area contributed by atoms with Gasteiger partial charge in [0, 0.05) is 17.3 Å². The van der Waals surface area contributed by atoms with E-state index < -0.39 is 23.6 Å². The van der Waals surface area contributed by atoms with Crippen LogP contribution in [0, 0.1) is 0 Å². The first-order valence-electron chi connectivity index (χ1n) is 9.74. The Morgan fingerprint density at radius 3 is 2.59 bits per heavy atom. The number of hydrogen-bond donors (Lipinski definition) is 1. The van der Waals surface area contributed by atoms with E-state index in [9.17, 15) is 14.4 Å². The van der Waals surface area contributed by atoms with Gasteiger partial charge in [-0.3, -0.25) is 19.3 Å². The Hall–Kier alpha value is -3.66. The second-order valence-electron chi connectivity index (χ2n) is 6.72. The Bertz CT molecular complexity index is 1100. The van der Waals surface area contributed by atoms with Crippen LogP contribution in [-0.2, 0) is 9.59 Å². The first-order valence-corrected chi connectivity index (χ1v) is 10.6. The third-order valence-corrected chi connectivity index (χ3v) is 5.55. The molecule has 2 heterocycles. The summed E-state index contributed by atoms with van der Waals surface area (Å²) >= 11 is 0.764. The summed E-state index contributed by atoms with van der Waals surface area (Å²) in [5, 5.41) is 2.14. The van der Waals surface area contributed by atoms with E-state index in [2.05, 4.69) is 5.32 Å². The predicted molar refractivity (Wildman–Crippen MR) is 118 cm³/mol. The highest BCUT2D eigenvalue weighted by Gasteiger charge is 2.36. The zero-order chi connectivity index (χ0) is 22.7. The van der Waals surface area contributed by atoms with Crippen LogP contribution in [-0.4, -0.2) is 49.0 Å². The molecule has 2 aliphatic heterocycles. The van der Waals surface area contributed by atoms with Crippen LogP contribution in [0.15, 0.2) is 41.3 Å². The minimum Gasteiger partial charge on any atom is -0.497 e. The molecule has 2 aliphatic rings. The molecule has 10 heteroatoms. The maximum atomic E-state index is 12.8. The molecule has 0 saturated carbocycles. The van der Waals surface area contributed by atoms with Gasteiger partial charge >= 0.3 is 0 Å². The van der Waals surface area contributed by atoms with Crippen LogP contribution >= 0.6 is 11.8 Å². The van der Waals surface area contributed by atoms with E-state index >= 15 is 0 Å². The van der Waals surface area contributed by atoms with Crippen LogP contribution in [0.4, 0.5) is 10.5 Å². The Balaban J connectivity index is 1.49. The highest BCUT2D eigenvalue weighted by atomic mass is 32.2. The molecule has 1 fully saturated rings. The molecule has 1 N–H and O–H groups in total. The fraction of sp³-hybridized carbons (Fsp3) is 0.227. The van der Waals surface area contributed by atoms with Crippen molar-refractivity contribution in [1.29, 1.82) is 0 Å². The Morgan fingerprint density at radius 2 is 1.91 bits per heavy atom. The standard InChI is InChI=1S/C22H20N2O7S/c1-3-29-16-10-18-17(30-12-31-18)8-13(16)9-19-21(26)24(22(27)32-19)11-20(25)23-14-4-6-15(28-2)7-5-14/h4-10H,3,11-12H2,1-2H3,(H,23,25)/b19-9+. The summed E-state index contributed by atoms with van der Waals surface area (Å²) in [7, 11) is 1.54. The molecule has 0 radical (unpaired) electrons. The topological polar surface area (TPSA) is 103 Å². The number of imide groups is 1. The lowest BCUT2D eigenvalue weighted by Crippen LogP contribution is -2.36. The third-order valence-electron chi connectivity index (χ3n) is 4.64. The van der Waals surface area contributed by atoms with Gasteiger partial charge in [0.05, 0.1) is 18.6 Å². The van der Waals surface area contributed by atoms with E-state index in [0.717, 1.165) is 16.7 Å². The largest absolute Gasteiger partial charge is 0.497 e. The predicted octanol–water partition coefficient (Wildman–Crippen LogP) is 3.50. The molecule has 2 aromatic rings. The van der Waals surface area contributed by atoms with Gasteiger partial charge in [-0.1, -0.05) is 0 Å². The van der Waals surface area contributed by atoms with E-state index in [0.29, 0.717) is 40.9 Å². The fourth-order valence-corrected chi connectivity index (χ4v) is 3.96. The number of fused-ring (bicyclic) bond motifs is 1. The normalized spacial score (nSPS) is 15.9. The number of methoxy groups -OCH3 is 1. The number of benzene rings is 2. The summed E-state index contributed by atoms with van der Waals surface area (Å²) in [6.45, 7) is 1.95. The molecule has 1 saturated heterocycles. The van der Waals surface area contributed by atoms with E-state index in [1.807, 2.05) is 6.92 Å². The first-order chi connectivity index (χ1) is 15.5. The van der Waals surface area contributed by atoms with Crippen LogP contribution in [0.3, 0.4) is 0 Å². The molecule has 0 unspecified atom stereocenters. The van der Waals surface area contributed by atoms with Gasteiger partial charge in [0.2, 0.25) is 12.7 Å². The lowest BCUT2D eigenvalue weighted by molar-refractivity contribution is -0.127. The second-order valence-corrected chi connectivity index (χ2v) is 7.71. The molecule has 0 atom stereocenters. The van der Waals surface area contributed by atoms with Gasteiger partial charge in [-0.25, -0.2) is 0 Å². The number of amides is 3. The monoisotopic (exact) mass is 456 g/mol. The minimum atomic E-state index is -0.551. The summed E-state index contributed by atoms with van der Waals surface area (Å²) in [5.74, 6) is 1.18. The van der Waals surface area contributed by atoms with Crippen molar-refractivity contribution in [2.24, 2.45) is 0 Å². The number of thioether (sulfide) groups is 1. The number of nitrogens with one attached hydrogen (secondary N) is 1. The third kappa shape index (κ3) is 4.50. The average molecular weight is 456 g/mol. The molecule has 0 aromatic heterocycles. The quantitative estimate of drug-likeness (QED) is 0.632. The van der Waals surface area contributed by atoms with Gasteiger partial charge in [-0.2, -0.15) is 0 Å². The zero-order valence-electron chi connectivity index (χ0n) is 17.4. The molecule has 166 valence electrons. The van der Waals surface area contributed by atoms with Crippen molar-refractivity contribution in [3.8, 4) is 23.0 Å². The van der Waals surface area contributed by atoms with Gasteiger partial charge in [-0.05, 0) is 55.1 Å². The second kappa shape index (κ2) is 9.23. The van der Waals surface area contributed by atoms with Crippen LogP contribution in [0.25, 0.3) is 6.08 Å². The van der Waals surface area contributed by atoms with Crippen LogP contribution in [0.2, 0.25) is 0 Å². The zero-order valence-corrected chi connectivity index (χ0v) is 18.2. The smallest absolute Gasteiger partial charge is 0.294 e. The number of anilines is 1. The SMILES string of the molecule is CCOc1cc2c(cc1/C=C1/SC(=O)N(CC(=O)Nc3ccc(OC)cc3)C1=O)OCO2. The highest BCUT2D eigenvalue weighted by molar-refractivity contribution is 8.18. The van der Waals surface area contributed by atoms with Gasteiger partial charge in [0.15, 0.2) is 11.5 Å². The highest BCUT2D eigenvalue weighted by Crippen LogP contribution is 2.41. The fourth-order valence-electron chi connectivity index (χ4n) is 3.13. The summed E-state index contributed by atoms with van der Waals surface area (Å²) in [6.07, 6.45) is 1.55. The number of carbonyl (C=O) groups excluding carboxylic acids is 3. The van der Waals surface area contributed by atoms with Crippen molar-refractivity contribution in [3.63, 3.8) is 0 Å². The van der Waals surface area contributed by atoms with E-state index in [1.165, 1.54) is 0 Å². The first kappa shape index (κ1) is 21.6. The van der Waals surface area contributed by atoms with Crippen molar-refractivity contribution >= 4 is 40.6 Å². The summed E-state index contributed by atoms with van der Waals surface area (Å²) in [4.78, 5) is 38.7. The van der Waals surface area contributed by atoms with Crippen LogP contribution in [0.1, 0.15) is 12.5 Å². The van der Waals surface area contributed by atoms with E-state index in [1.54, 1.807) is 49.6 Å². The Morgan fingerprint density at radius 1 is 1.19 bits per heavy atom. The molecule has 0 spiro atoms. The summed E-state index contributed by atoms with van der Waals surface area (Å²) in [5.41, 5.74) is 1.10. The van der Waals surface area contributed by atoms with Gasteiger partial charge < -0.3 is 24.3 Å². The molecular formula is C22H20N2O7S. The molecule has 32 heavy (non-hydrogen) atoms. The minimum absolute atomic E-state index is 0.101. The molecule has 3 amide bonds. The van der Waals surface area contributed by atoms with Crippen molar-refractivity contribution < 1.29 is 33.3 Å². The van der Waals surface area contributed by atoms with E-state index in [-0.39, 0.29) is 11.7 Å². The Kier molecular flexibility index (Phi) is 6.22. The molecule has 9 nitrogen and oxygen atoms in total. The van der Waals surface area contributed by atoms with Crippen LogP contribution in [0.5, 0.6) is 23.0 Å². The van der Waals surface area contributed by atoms with Crippen molar-refractivity contribution in [2.45, 2.75) is 6.92 Å². The van der Waals surface area contributed by atoms with Crippen molar-refractivity contribution in [3.05, 3.63) is 46.9 Å². The van der Waals surface area contributed by atoms with Crippen LogP contribution < -0.4 is 24.3 Å². The van der Waals surface area contributed by atoms with E-state index in [4.69, 9.17) is 18.9 Å². The number of ether oxygens (including phenoxy) is 4. The Labute approximate surface area is 188 Å². The number of nitrogens with zero attached hydrogens (tertiary/aromatic N) is 1. The average Bonchev–Trinajstić information content (AvgIpc) is 3.34. The number of carbonyl (C=O) groups is 3. The number of rotatable bonds is 7. The van der Waals surface area contributed by atoms with Gasteiger partial charge in [-0.15, -0.1) is 0 Å². The molecular weight excluding hydrogens is 436 g/mol. The molecule has 0 bridgehead atoms. The van der Waals surface area contributed by atoms with Gasteiger partial charge in [0.25, 0.3) is 11.1 Å². The molecule has 4 rings (SSSR count). The number of hydrogen-bond acceptors (Lipinski definition) is 8. The maximum Gasteiger partial charge on any atom is 0.294 e. The molecule has 2 aromatic carbocycles. The molecule has 0 aliphatic carbocycles. The van der Waals surface area contributed by atoms with Gasteiger partial charge in [0.1, 0.15) is 18.0 Å².